The maximum absolute atomic E-state index is 12.6. The molecule has 2 aromatic carbocycles. The summed E-state index contributed by atoms with van der Waals surface area (Å²) in [5.74, 6) is 0.160. The molecule has 0 atom stereocenters. The van der Waals surface area contributed by atoms with Crippen LogP contribution in [-0.4, -0.2) is 12.4 Å². The first-order valence-corrected chi connectivity index (χ1v) is 8.08. The van der Waals surface area contributed by atoms with Crippen LogP contribution in [0.1, 0.15) is 15.9 Å². The second-order valence-corrected chi connectivity index (χ2v) is 5.93. The highest BCUT2D eigenvalue weighted by molar-refractivity contribution is 7.16. The number of benzene rings is 2. The topological polar surface area (TPSA) is 56.5 Å². The Morgan fingerprint density at radius 2 is 2.04 bits per heavy atom. The molecule has 3 aromatic rings. The standard InChI is InChI=1S/C19H14O4S/c1-2-10-22-16-12-17-18(24-19(21)23-17)11-14(16)15(20)9-8-13-6-4-3-5-7-13/h2-9,11-12H,1,10H2/b9-8+. The van der Waals surface area contributed by atoms with Gasteiger partial charge in [0, 0.05) is 6.07 Å². The third-order valence-electron chi connectivity index (χ3n) is 3.28. The second kappa shape index (κ2) is 7.10. The van der Waals surface area contributed by atoms with Gasteiger partial charge in [0.1, 0.15) is 12.4 Å². The molecule has 0 amide bonds. The average Bonchev–Trinajstić information content (AvgIpc) is 2.96. The lowest BCUT2D eigenvalue weighted by Gasteiger charge is -2.07. The molecule has 24 heavy (non-hydrogen) atoms. The number of carbonyl (C=O) groups excluding carboxylic acids is 1. The van der Waals surface area contributed by atoms with Gasteiger partial charge in [-0.3, -0.25) is 4.79 Å². The van der Waals surface area contributed by atoms with Gasteiger partial charge in [0.05, 0.1) is 10.3 Å². The van der Waals surface area contributed by atoms with E-state index in [1.165, 1.54) is 6.08 Å². The predicted molar refractivity (Wildman–Crippen MR) is 95.9 cm³/mol. The molecule has 0 saturated heterocycles. The molecule has 1 aromatic heterocycles. The Morgan fingerprint density at radius 1 is 1.25 bits per heavy atom. The molecule has 3 rings (SSSR count). The van der Waals surface area contributed by atoms with Crippen LogP contribution >= 0.6 is 11.3 Å². The monoisotopic (exact) mass is 338 g/mol. The highest BCUT2D eigenvalue weighted by Crippen LogP contribution is 2.28. The summed E-state index contributed by atoms with van der Waals surface area (Å²) >= 11 is 0.956. The van der Waals surface area contributed by atoms with E-state index in [1.807, 2.05) is 30.3 Å². The molecule has 5 heteroatoms. The molecule has 1 heterocycles. The molecular formula is C19H14O4S. The zero-order chi connectivity index (χ0) is 16.9. The minimum atomic E-state index is -0.413. The third-order valence-corrected chi connectivity index (χ3v) is 4.07. The van der Waals surface area contributed by atoms with Crippen LogP contribution in [0.3, 0.4) is 0 Å². The predicted octanol–water partition coefficient (Wildman–Crippen LogP) is 4.32. The van der Waals surface area contributed by atoms with E-state index in [0.717, 1.165) is 16.9 Å². The van der Waals surface area contributed by atoms with Crippen LogP contribution in [0.4, 0.5) is 0 Å². The Bertz CT molecular complexity index is 964. The lowest BCUT2D eigenvalue weighted by atomic mass is 10.1. The van der Waals surface area contributed by atoms with E-state index in [2.05, 4.69) is 6.58 Å². The second-order valence-electron chi connectivity index (χ2n) is 4.96. The van der Waals surface area contributed by atoms with Gasteiger partial charge in [-0.1, -0.05) is 60.4 Å². The summed E-state index contributed by atoms with van der Waals surface area (Å²) in [6.45, 7) is 3.85. The van der Waals surface area contributed by atoms with Crippen LogP contribution in [0, 0.1) is 0 Å². The van der Waals surface area contributed by atoms with Crippen molar-refractivity contribution in [1.82, 2.24) is 0 Å². The van der Waals surface area contributed by atoms with Crippen molar-refractivity contribution in [3.63, 3.8) is 0 Å². The number of hydrogen-bond acceptors (Lipinski definition) is 5. The number of carbonyl (C=O) groups is 1. The van der Waals surface area contributed by atoms with Gasteiger partial charge in [0.15, 0.2) is 11.4 Å². The minimum Gasteiger partial charge on any atom is -0.489 e. The molecule has 0 aliphatic rings. The summed E-state index contributed by atoms with van der Waals surface area (Å²) in [6, 6.07) is 12.7. The number of ketones is 1. The molecule has 0 spiro atoms. The smallest absolute Gasteiger partial charge is 0.396 e. The Kier molecular flexibility index (Phi) is 4.72. The van der Waals surface area contributed by atoms with Crippen molar-refractivity contribution in [1.29, 1.82) is 0 Å². The van der Waals surface area contributed by atoms with Gasteiger partial charge in [-0.05, 0) is 17.7 Å². The van der Waals surface area contributed by atoms with Crippen molar-refractivity contribution < 1.29 is 13.9 Å². The van der Waals surface area contributed by atoms with Crippen molar-refractivity contribution >= 4 is 33.5 Å². The van der Waals surface area contributed by atoms with Crippen LogP contribution in [0.15, 0.2) is 70.4 Å². The summed E-state index contributed by atoms with van der Waals surface area (Å²) < 4.78 is 11.2. The van der Waals surface area contributed by atoms with Gasteiger partial charge >= 0.3 is 4.94 Å². The molecule has 4 nitrogen and oxygen atoms in total. The van der Waals surface area contributed by atoms with Crippen molar-refractivity contribution in [2.75, 3.05) is 6.61 Å². The van der Waals surface area contributed by atoms with Gasteiger partial charge in [-0.25, -0.2) is 4.79 Å². The molecule has 0 aliphatic heterocycles. The van der Waals surface area contributed by atoms with Crippen molar-refractivity contribution in [3.05, 3.63) is 82.1 Å². The van der Waals surface area contributed by atoms with Gasteiger partial charge in [0.2, 0.25) is 0 Å². The van der Waals surface area contributed by atoms with E-state index in [1.54, 1.807) is 24.3 Å². The highest BCUT2D eigenvalue weighted by atomic mass is 32.1. The summed E-state index contributed by atoms with van der Waals surface area (Å²) in [5, 5.41) is 0. The quantitative estimate of drug-likeness (QED) is 0.382. The van der Waals surface area contributed by atoms with E-state index < -0.39 is 4.94 Å². The molecule has 0 fully saturated rings. The van der Waals surface area contributed by atoms with Gasteiger partial charge in [0.25, 0.3) is 0 Å². The summed E-state index contributed by atoms with van der Waals surface area (Å²) in [4.78, 5) is 23.5. The normalized spacial score (nSPS) is 11.0. The highest BCUT2D eigenvalue weighted by Gasteiger charge is 2.15. The average molecular weight is 338 g/mol. The van der Waals surface area contributed by atoms with Crippen LogP contribution in [0.5, 0.6) is 5.75 Å². The van der Waals surface area contributed by atoms with Gasteiger partial charge < -0.3 is 9.15 Å². The zero-order valence-electron chi connectivity index (χ0n) is 12.7. The fourth-order valence-electron chi connectivity index (χ4n) is 2.19. The van der Waals surface area contributed by atoms with Gasteiger partial charge in [-0.15, -0.1) is 0 Å². The van der Waals surface area contributed by atoms with E-state index >= 15 is 0 Å². The number of ether oxygens (including phenoxy) is 1. The summed E-state index contributed by atoms with van der Waals surface area (Å²) in [7, 11) is 0. The molecule has 0 saturated carbocycles. The first-order valence-electron chi connectivity index (χ1n) is 7.26. The molecule has 0 bridgehead atoms. The Hall–Kier alpha value is -2.92. The van der Waals surface area contributed by atoms with Gasteiger partial charge in [-0.2, -0.15) is 0 Å². The summed E-state index contributed by atoms with van der Waals surface area (Å²) in [6.07, 6.45) is 4.81. The maximum atomic E-state index is 12.6. The van der Waals surface area contributed by atoms with Crippen LogP contribution in [0.2, 0.25) is 0 Å². The lowest BCUT2D eigenvalue weighted by Crippen LogP contribution is -2.02. The lowest BCUT2D eigenvalue weighted by molar-refractivity contribution is 0.104. The van der Waals surface area contributed by atoms with E-state index in [9.17, 15) is 9.59 Å². The molecule has 0 radical (unpaired) electrons. The van der Waals surface area contributed by atoms with Crippen molar-refractivity contribution in [3.8, 4) is 5.75 Å². The summed E-state index contributed by atoms with van der Waals surface area (Å²) in [5.41, 5.74) is 1.72. The molecule has 0 aliphatic carbocycles. The van der Waals surface area contributed by atoms with Crippen LogP contribution in [0.25, 0.3) is 16.4 Å². The first-order chi connectivity index (χ1) is 11.7. The number of rotatable bonds is 6. The van der Waals surface area contributed by atoms with Crippen LogP contribution in [-0.2, 0) is 0 Å². The fourth-order valence-corrected chi connectivity index (χ4v) is 2.88. The maximum Gasteiger partial charge on any atom is 0.396 e. The van der Waals surface area contributed by atoms with E-state index in [-0.39, 0.29) is 12.4 Å². The number of allylic oxidation sites excluding steroid dienone is 1. The molecule has 0 N–H and O–H groups in total. The Labute approximate surface area is 142 Å². The van der Waals surface area contributed by atoms with E-state index in [4.69, 9.17) is 9.15 Å². The first kappa shape index (κ1) is 16.0. The Morgan fingerprint density at radius 3 is 2.79 bits per heavy atom. The number of fused-ring (bicyclic) bond motifs is 1. The molecule has 0 unspecified atom stereocenters. The van der Waals surface area contributed by atoms with Crippen molar-refractivity contribution in [2.24, 2.45) is 0 Å². The fraction of sp³-hybridized carbons (Fsp3) is 0.0526. The zero-order valence-corrected chi connectivity index (χ0v) is 13.5. The van der Waals surface area contributed by atoms with Crippen molar-refractivity contribution in [2.45, 2.75) is 0 Å². The van der Waals surface area contributed by atoms with Crippen LogP contribution < -0.4 is 9.68 Å². The minimum absolute atomic E-state index is 0.208. The van der Waals surface area contributed by atoms with E-state index in [0.29, 0.717) is 21.6 Å². The molecule has 120 valence electrons. The molecular weight excluding hydrogens is 324 g/mol. The third kappa shape index (κ3) is 3.52. The largest absolute Gasteiger partial charge is 0.489 e. The number of hydrogen-bond donors (Lipinski definition) is 0. The SMILES string of the molecule is C=CCOc1cc2oc(=O)sc2cc1C(=O)/C=C/c1ccccc1. The Balaban J connectivity index is 1.98.